The van der Waals surface area contributed by atoms with Crippen molar-refractivity contribution in [1.29, 1.82) is 0 Å². The molecule has 0 atom stereocenters. The van der Waals surface area contributed by atoms with Crippen LogP contribution in [0, 0.1) is 5.41 Å². The SMILES string of the molecule is COC(=O)C(C)(C)CCCI. The molecular formula is C8H15IO2. The van der Waals surface area contributed by atoms with E-state index in [-0.39, 0.29) is 11.4 Å². The van der Waals surface area contributed by atoms with Crippen molar-refractivity contribution in [2.24, 2.45) is 5.41 Å². The number of esters is 1. The fraction of sp³-hybridized carbons (Fsp3) is 0.875. The molecule has 0 bridgehead atoms. The summed E-state index contributed by atoms with van der Waals surface area (Å²) < 4.78 is 5.77. The Morgan fingerprint density at radius 3 is 2.45 bits per heavy atom. The van der Waals surface area contributed by atoms with Gasteiger partial charge in [0.25, 0.3) is 0 Å². The summed E-state index contributed by atoms with van der Waals surface area (Å²) >= 11 is 2.31. The highest BCUT2D eigenvalue weighted by molar-refractivity contribution is 14.1. The third-order valence-electron chi connectivity index (χ3n) is 1.67. The summed E-state index contributed by atoms with van der Waals surface area (Å²) in [7, 11) is 1.44. The molecule has 0 saturated heterocycles. The molecule has 0 aliphatic rings. The zero-order chi connectivity index (χ0) is 8.91. The molecule has 11 heavy (non-hydrogen) atoms. The standard InChI is InChI=1S/C8H15IO2/c1-8(2,5-4-6-9)7(10)11-3/h4-6H2,1-3H3. The molecule has 0 N–H and O–H groups in total. The normalized spacial score (nSPS) is 11.3. The van der Waals surface area contributed by atoms with Crippen molar-refractivity contribution in [1.82, 2.24) is 0 Å². The van der Waals surface area contributed by atoms with Gasteiger partial charge in [-0.25, -0.2) is 0 Å². The van der Waals surface area contributed by atoms with Gasteiger partial charge in [-0.05, 0) is 31.1 Å². The number of hydrogen-bond donors (Lipinski definition) is 0. The average Bonchev–Trinajstić information content (AvgIpc) is 1.99. The molecule has 0 amide bonds. The van der Waals surface area contributed by atoms with Crippen LogP contribution in [0.15, 0.2) is 0 Å². The Morgan fingerprint density at radius 1 is 1.55 bits per heavy atom. The predicted molar refractivity (Wildman–Crippen MR) is 53.9 cm³/mol. The van der Waals surface area contributed by atoms with Crippen LogP contribution in [0.1, 0.15) is 26.7 Å². The fourth-order valence-corrected chi connectivity index (χ4v) is 1.27. The molecule has 0 rings (SSSR count). The van der Waals surface area contributed by atoms with Crippen molar-refractivity contribution in [2.75, 3.05) is 11.5 Å². The molecule has 0 aromatic heterocycles. The van der Waals surface area contributed by atoms with Gasteiger partial charge < -0.3 is 4.74 Å². The van der Waals surface area contributed by atoms with Crippen molar-refractivity contribution in [3.8, 4) is 0 Å². The molecule has 66 valence electrons. The van der Waals surface area contributed by atoms with E-state index in [2.05, 4.69) is 27.3 Å². The van der Waals surface area contributed by atoms with Gasteiger partial charge in [-0.15, -0.1) is 0 Å². The van der Waals surface area contributed by atoms with E-state index < -0.39 is 0 Å². The number of rotatable bonds is 4. The van der Waals surface area contributed by atoms with E-state index in [1.165, 1.54) is 7.11 Å². The van der Waals surface area contributed by atoms with Gasteiger partial charge in [-0.2, -0.15) is 0 Å². The van der Waals surface area contributed by atoms with Crippen molar-refractivity contribution in [3.05, 3.63) is 0 Å². The second-order valence-corrected chi connectivity index (χ2v) is 4.25. The van der Waals surface area contributed by atoms with E-state index in [1.807, 2.05) is 13.8 Å². The Hall–Kier alpha value is 0.200. The molecule has 0 radical (unpaired) electrons. The van der Waals surface area contributed by atoms with Crippen molar-refractivity contribution in [3.63, 3.8) is 0 Å². The van der Waals surface area contributed by atoms with E-state index in [4.69, 9.17) is 0 Å². The molecule has 0 heterocycles. The lowest BCUT2D eigenvalue weighted by Gasteiger charge is -2.20. The monoisotopic (exact) mass is 270 g/mol. The molecular weight excluding hydrogens is 255 g/mol. The molecule has 0 fully saturated rings. The summed E-state index contributed by atoms with van der Waals surface area (Å²) in [6, 6.07) is 0. The van der Waals surface area contributed by atoms with Crippen molar-refractivity contribution >= 4 is 28.6 Å². The van der Waals surface area contributed by atoms with Gasteiger partial charge in [0.05, 0.1) is 12.5 Å². The summed E-state index contributed by atoms with van der Waals surface area (Å²) in [6.07, 6.45) is 1.98. The summed E-state index contributed by atoms with van der Waals surface area (Å²) in [5.41, 5.74) is -0.306. The second-order valence-electron chi connectivity index (χ2n) is 3.17. The number of hydrogen-bond acceptors (Lipinski definition) is 2. The van der Waals surface area contributed by atoms with Gasteiger partial charge in [0.1, 0.15) is 0 Å². The topological polar surface area (TPSA) is 26.3 Å². The number of carbonyl (C=O) groups is 1. The smallest absolute Gasteiger partial charge is 0.311 e. The lowest BCUT2D eigenvalue weighted by Crippen LogP contribution is -2.25. The number of methoxy groups -OCH3 is 1. The first-order valence-electron chi connectivity index (χ1n) is 3.69. The maximum Gasteiger partial charge on any atom is 0.311 e. The van der Waals surface area contributed by atoms with E-state index in [1.54, 1.807) is 0 Å². The molecule has 0 aromatic rings. The summed E-state index contributed by atoms with van der Waals surface area (Å²) in [6.45, 7) is 3.84. The van der Waals surface area contributed by atoms with Crippen LogP contribution < -0.4 is 0 Å². The number of carbonyl (C=O) groups excluding carboxylic acids is 1. The first-order valence-corrected chi connectivity index (χ1v) is 5.21. The number of alkyl halides is 1. The van der Waals surface area contributed by atoms with Gasteiger partial charge in [-0.1, -0.05) is 22.6 Å². The lowest BCUT2D eigenvalue weighted by molar-refractivity contribution is -0.151. The first kappa shape index (κ1) is 11.2. The highest BCUT2D eigenvalue weighted by Crippen LogP contribution is 2.24. The first-order chi connectivity index (χ1) is 5.04. The van der Waals surface area contributed by atoms with Crippen LogP contribution in [0.2, 0.25) is 0 Å². The molecule has 0 spiro atoms. The van der Waals surface area contributed by atoms with Crippen LogP contribution in [0.3, 0.4) is 0 Å². The third kappa shape index (κ3) is 3.94. The van der Waals surface area contributed by atoms with Crippen LogP contribution >= 0.6 is 22.6 Å². The maximum absolute atomic E-state index is 11.1. The minimum Gasteiger partial charge on any atom is -0.469 e. The van der Waals surface area contributed by atoms with E-state index >= 15 is 0 Å². The summed E-state index contributed by atoms with van der Waals surface area (Å²) in [4.78, 5) is 11.1. The van der Waals surface area contributed by atoms with Crippen LogP contribution in [-0.4, -0.2) is 17.5 Å². The molecule has 0 aliphatic heterocycles. The lowest BCUT2D eigenvalue weighted by atomic mass is 9.88. The average molecular weight is 270 g/mol. The number of halogens is 1. The quantitative estimate of drug-likeness (QED) is 0.445. The highest BCUT2D eigenvalue weighted by atomic mass is 127. The van der Waals surface area contributed by atoms with E-state index in [9.17, 15) is 4.79 Å². The number of ether oxygens (including phenoxy) is 1. The van der Waals surface area contributed by atoms with Gasteiger partial charge in [-0.3, -0.25) is 4.79 Å². The van der Waals surface area contributed by atoms with Gasteiger partial charge in [0.2, 0.25) is 0 Å². The van der Waals surface area contributed by atoms with Gasteiger partial charge >= 0.3 is 5.97 Å². The Bertz CT molecular complexity index is 132. The largest absolute Gasteiger partial charge is 0.469 e. The summed E-state index contributed by atoms with van der Waals surface area (Å²) in [5, 5.41) is 0. The highest BCUT2D eigenvalue weighted by Gasteiger charge is 2.27. The Labute approximate surface area is 81.8 Å². The zero-order valence-corrected chi connectivity index (χ0v) is 9.47. The Morgan fingerprint density at radius 2 is 2.09 bits per heavy atom. The fourth-order valence-electron chi connectivity index (χ4n) is 0.887. The zero-order valence-electron chi connectivity index (χ0n) is 7.32. The molecule has 0 aliphatic carbocycles. The second kappa shape index (κ2) is 4.95. The minimum absolute atomic E-state index is 0.109. The van der Waals surface area contributed by atoms with Crippen LogP contribution in [0.25, 0.3) is 0 Å². The van der Waals surface area contributed by atoms with Crippen molar-refractivity contribution < 1.29 is 9.53 Å². The molecule has 0 saturated carbocycles. The van der Waals surface area contributed by atoms with Crippen molar-refractivity contribution in [2.45, 2.75) is 26.7 Å². The molecule has 3 heteroatoms. The maximum atomic E-state index is 11.1. The van der Waals surface area contributed by atoms with Gasteiger partial charge in [0, 0.05) is 0 Å². The predicted octanol–water partition coefficient (Wildman–Crippen LogP) is 2.40. The molecule has 0 aromatic carbocycles. The third-order valence-corrected chi connectivity index (χ3v) is 2.44. The van der Waals surface area contributed by atoms with Crippen LogP contribution in [-0.2, 0) is 9.53 Å². The minimum atomic E-state index is -0.306. The molecule has 2 nitrogen and oxygen atoms in total. The summed E-state index contributed by atoms with van der Waals surface area (Å²) in [5.74, 6) is -0.109. The van der Waals surface area contributed by atoms with Crippen LogP contribution in [0.5, 0.6) is 0 Å². The van der Waals surface area contributed by atoms with Crippen LogP contribution in [0.4, 0.5) is 0 Å². The van der Waals surface area contributed by atoms with E-state index in [0.717, 1.165) is 17.3 Å². The molecule has 0 unspecified atom stereocenters. The Balaban J connectivity index is 3.88. The Kier molecular flexibility index (Phi) is 5.04. The van der Waals surface area contributed by atoms with Gasteiger partial charge in [0.15, 0.2) is 0 Å². The van der Waals surface area contributed by atoms with E-state index in [0.29, 0.717) is 0 Å².